The number of morpholine rings is 1. The van der Waals surface area contributed by atoms with Crippen LogP contribution in [0.2, 0.25) is 0 Å². The van der Waals surface area contributed by atoms with Crippen LogP contribution in [0, 0.1) is 0 Å². The van der Waals surface area contributed by atoms with Gasteiger partial charge in [-0.3, -0.25) is 14.5 Å². The number of hydrogen-bond donors (Lipinski definition) is 1. The molecule has 7 heteroatoms. The fraction of sp³-hybridized carbons (Fsp3) is 0.824. The molecule has 1 aromatic heterocycles. The first kappa shape index (κ1) is 17.8. The summed E-state index contributed by atoms with van der Waals surface area (Å²) in [4.78, 5) is 7.24. The van der Waals surface area contributed by atoms with Crippen LogP contribution in [0.15, 0.2) is 18.5 Å². The van der Waals surface area contributed by atoms with Gasteiger partial charge in [-0.15, -0.1) is 0 Å². The van der Waals surface area contributed by atoms with Gasteiger partial charge in [-0.2, -0.15) is 5.10 Å². The largest absolute Gasteiger partial charge is 0.390 e. The molecule has 136 valence electrons. The van der Waals surface area contributed by atoms with E-state index in [1.807, 2.05) is 12.3 Å². The summed E-state index contributed by atoms with van der Waals surface area (Å²) in [6.07, 6.45) is 3.59. The van der Waals surface area contributed by atoms with Crippen LogP contribution >= 0.6 is 0 Å². The lowest BCUT2D eigenvalue weighted by Gasteiger charge is -2.42. The number of likely N-dealkylation sites (N-methyl/N-ethyl adjacent to an activating group) is 1. The fourth-order valence-corrected chi connectivity index (χ4v) is 3.73. The summed E-state index contributed by atoms with van der Waals surface area (Å²) in [7, 11) is 2.16. The Bertz CT molecular complexity index is 483. The molecule has 0 saturated carbocycles. The van der Waals surface area contributed by atoms with Gasteiger partial charge in [0.15, 0.2) is 0 Å². The van der Waals surface area contributed by atoms with Crippen LogP contribution in [0.3, 0.4) is 0 Å². The van der Waals surface area contributed by atoms with Crippen molar-refractivity contribution in [2.75, 3.05) is 59.5 Å². The standard InChI is InChI=1S/C17H31N5O2/c1-15-10-20(14-17-13-19(2)8-9-24-17)6-7-21(15)11-16(23)12-22-5-3-4-18-22/h3-5,15-17,23H,6-14H2,1-2H3/t15-,16+,17-/m1/s1. The lowest BCUT2D eigenvalue weighted by molar-refractivity contribution is -0.0482. The Morgan fingerprint density at radius 3 is 2.83 bits per heavy atom. The van der Waals surface area contributed by atoms with Gasteiger partial charge >= 0.3 is 0 Å². The Balaban J connectivity index is 1.41. The number of aliphatic hydroxyl groups excluding tert-OH is 1. The average Bonchev–Trinajstić information content (AvgIpc) is 3.03. The maximum Gasteiger partial charge on any atom is 0.0862 e. The first-order valence-corrected chi connectivity index (χ1v) is 9.02. The van der Waals surface area contributed by atoms with Crippen molar-refractivity contribution in [3.05, 3.63) is 18.5 Å². The molecule has 0 aromatic carbocycles. The molecule has 7 nitrogen and oxygen atoms in total. The average molecular weight is 337 g/mol. The Kier molecular flexibility index (Phi) is 6.24. The zero-order valence-corrected chi connectivity index (χ0v) is 14.9. The maximum atomic E-state index is 10.3. The second kappa shape index (κ2) is 8.40. The fourth-order valence-electron chi connectivity index (χ4n) is 3.73. The van der Waals surface area contributed by atoms with Crippen molar-refractivity contribution in [3.63, 3.8) is 0 Å². The number of rotatable bonds is 6. The number of β-amino-alcohol motifs (C(OH)–C–C–N with tert-alkyl or cyclic N) is 1. The molecule has 0 spiro atoms. The summed E-state index contributed by atoms with van der Waals surface area (Å²) in [5.74, 6) is 0. The summed E-state index contributed by atoms with van der Waals surface area (Å²) in [6, 6.07) is 2.34. The van der Waals surface area contributed by atoms with Crippen LogP contribution in [-0.2, 0) is 11.3 Å². The highest BCUT2D eigenvalue weighted by atomic mass is 16.5. The lowest BCUT2D eigenvalue weighted by atomic mass is 10.1. The van der Waals surface area contributed by atoms with Crippen LogP contribution in [-0.4, -0.2) is 107 Å². The molecule has 1 N–H and O–H groups in total. The van der Waals surface area contributed by atoms with E-state index in [9.17, 15) is 5.11 Å². The molecular formula is C17H31N5O2. The molecule has 3 heterocycles. The molecule has 0 unspecified atom stereocenters. The number of piperazine rings is 1. The van der Waals surface area contributed by atoms with E-state index in [-0.39, 0.29) is 6.10 Å². The topological polar surface area (TPSA) is 57.0 Å². The maximum absolute atomic E-state index is 10.3. The van der Waals surface area contributed by atoms with Gasteiger partial charge in [0.2, 0.25) is 0 Å². The molecule has 0 amide bonds. The monoisotopic (exact) mass is 337 g/mol. The van der Waals surface area contributed by atoms with Gasteiger partial charge in [-0.25, -0.2) is 0 Å². The lowest BCUT2D eigenvalue weighted by Crippen LogP contribution is -2.56. The van der Waals surface area contributed by atoms with E-state index in [4.69, 9.17) is 4.74 Å². The molecule has 0 radical (unpaired) electrons. The minimum atomic E-state index is -0.380. The SMILES string of the molecule is C[C@@H]1CN(C[C@H]2CN(C)CCO2)CCN1C[C@H](O)Cn1cccn1. The molecule has 2 fully saturated rings. The van der Waals surface area contributed by atoms with Crippen LogP contribution in [0.5, 0.6) is 0 Å². The predicted octanol–water partition coefficient (Wildman–Crippen LogP) is -0.419. The van der Waals surface area contributed by atoms with Gasteiger partial charge in [0, 0.05) is 64.2 Å². The van der Waals surface area contributed by atoms with Gasteiger partial charge in [0.25, 0.3) is 0 Å². The summed E-state index contributed by atoms with van der Waals surface area (Å²) < 4.78 is 7.68. The Morgan fingerprint density at radius 1 is 1.25 bits per heavy atom. The van der Waals surface area contributed by atoms with Crippen molar-refractivity contribution in [2.45, 2.75) is 31.7 Å². The highest BCUT2D eigenvalue weighted by molar-refractivity contribution is 4.84. The Hall–Kier alpha value is -0.990. The van der Waals surface area contributed by atoms with Crippen LogP contribution in [0.1, 0.15) is 6.92 Å². The van der Waals surface area contributed by atoms with E-state index in [2.05, 4.69) is 33.8 Å². The zero-order chi connectivity index (χ0) is 16.9. The molecule has 2 aliphatic heterocycles. The highest BCUT2D eigenvalue weighted by Crippen LogP contribution is 2.13. The molecule has 3 rings (SSSR count). The zero-order valence-electron chi connectivity index (χ0n) is 14.9. The van der Waals surface area contributed by atoms with Gasteiger partial charge < -0.3 is 14.7 Å². The second-order valence-corrected chi connectivity index (χ2v) is 7.24. The second-order valence-electron chi connectivity index (χ2n) is 7.24. The van der Waals surface area contributed by atoms with E-state index in [1.165, 1.54) is 0 Å². The Labute approximate surface area is 144 Å². The molecule has 2 saturated heterocycles. The smallest absolute Gasteiger partial charge is 0.0862 e. The highest BCUT2D eigenvalue weighted by Gasteiger charge is 2.28. The van der Waals surface area contributed by atoms with Gasteiger partial charge in [0.1, 0.15) is 0 Å². The molecular weight excluding hydrogens is 306 g/mol. The van der Waals surface area contributed by atoms with Gasteiger partial charge in [-0.1, -0.05) is 0 Å². The molecule has 0 bridgehead atoms. The van der Waals surface area contributed by atoms with E-state index >= 15 is 0 Å². The molecule has 1 aromatic rings. The molecule has 2 aliphatic rings. The Morgan fingerprint density at radius 2 is 2.12 bits per heavy atom. The van der Waals surface area contributed by atoms with Crippen molar-refractivity contribution in [2.24, 2.45) is 0 Å². The summed E-state index contributed by atoms with van der Waals surface area (Å²) >= 11 is 0. The van der Waals surface area contributed by atoms with E-state index in [0.29, 0.717) is 25.2 Å². The van der Waals surface area contributed by atoms with Crippen molar-refractivity contribution < 1.29 is 9.84 Å². The van der Waals surface area contributed by atoms with Crippen LogP contribution in [0.25, 0.3) is 0 Å². The number of ether oxygens (including phenoxy) is 1. The minimum absolute atomic E-state index is 0.327. The number of nitrogens with zero attached hydrogens (tertiary/aromatic N) is 5. The summed E-state index contributed by atoms with van der Waals surface area (Å²) in [5.41, 5.74) is 0. The number of hydrogen-bond acceptors (Lipinski definition) is 6. The third-order valence-electron chi connectivity index (χ3n) is 5.06. The predicted molar refractivity (Wildman–Crippen MR) is 92.9 cm³/mol. The van der Waals surface area contributed by atoms with Gasteiger partial charge in [0.05, 0.1) is 25.4 Å². The third kappa shape index (κ3) is 5.00. The van der Waals surface area contributed by atoms with E-state index in [0.717, 1.165) is 45.9 Å². The van der Waals surface area contributed by atoms with E-state index < -0.39 is 0 Å². The van der Waals surface area contributed by atoms with E-state index in [1.54, 1.807) is 10.9 Å². The quantitative estimate of drug-likeness (QED) is 0.761. The first-order valence-electron chi connectivity index (χ1n) is 9.02. The van der Waals surface area contributed by atoms with Crippen molar-refractivity contribution in [1.29, 1.82) is 0 Å². The third-order valence-corrected chi connectivity index (χ3v) is 5.06. The first-order chi connectivity index (χ1) is 11.6. The van der Waals surface area contributed by atoms with Gasteiger partial charge in [-0.05, 0) is 20.0 Å². The molecule has 0 aliphatic carbocycles. The summed E-state index contributed by atoms with van der Waals surface area (Å²) in [5, 5.41) is 14.5. The molecule has 3 atom stereocenters. The van der Waals surface area contributed by atoms with Crippen molar-refractivity contribution >= 4 is 0 Å². The van der Waals surface area contributed by atoms with Crippen LogP contribution in [0.4, 0.5) is 0 Å². The van der Waals surface area contributed by atoms with Crippen molar-refractivity contribution in [1.82, 2.24) is 24.5 Å². The van der Waals surface area contributed by atoms with Crippen molar-refractivity contribution in [3.8, 4) is 0 Å². The number of aromatic nitrogens is 2. The minimum Gasteiger partial charge on any atom is -0.390 e. The summed E-state index contributed by atoms with van der Waals surface area (Å²) in [6.45, 7) is 10.5. The molecule has 24 heavy (non-hydrogen) atoms. The van der Waals surface area contributed by atoms with Crippen LogP contribution < -0.4 is 0 Å². The number of aliphatic hydroxyl groups is 1. The normalized spacial score (nSPS) is 29.0.